The van der Waals surface area contributed by atoms with E-state index in [0.29, 0.717) is 18.1 Å². The van der Waals surface area contributed by atoms with Gasteiger partial charge in [-0.2, -0.15) is 16.7 Å². The highest BCUT2D eigenvalue weighted by atomic mass is 32.2. The molecule has 1 saturated heterocycles. The molecule has 0 radical (unpaired) electrons. The molecule has 12 heteroatoms. The Morgan fingerprint density at radius 2 is 2.33 bits per heavy atom. The zero-order valence-electron chi connectivity index (χ0n) is 11.1. The minimum absolute atomic E-state index is 0.0129. The van der Waals surface area contributed by atoms with Crippen molar-refractivity contribution in [3.8, 4) is 0 Å². The molecule has 0 bridgehead atoms. The first-order valence-electron chi connectivity index (χ1n) is 5.86. The molecule has 1 aromatic heterocycles. The predicted octanol–water partition coefficient (Wildman–Crippen LogP) is -0.406. The van der Waals surface area contributed by atoms with Crippen molar-refractivity contribution in [2.24, 2.45) is 5.84 Å². The molecular weight excluding hydrogens is 320 g/mol. The summed E-state index contributed by atoms with van der Waals surface area (Å²) in [6.45, 7) is 0.338. The summed E-state index contributed by atoms with van der Waals surface area (Å²) in [5.41, 5.74) is 1.85. The molecule has 3 N–H and O–H groups in total. The number of nitrogen functional groups attached to an aromatic ring is 1. The number of rotatable bonds is 4. The molecule has 0 saturated carbocycles. The van der Waals surface area contributed by atoms with Crippen molar-refractivity contribution in [1.29, 1.82) is 0 Å². The quantitative estimate of drug-likeness (QED) is 0.423. The van der Waals surface area contributed by atoms with Gasteiger partial charge >= 0.3 is 5.69 Å². The van der Waals surface area contributed by atoms with E-state index in [0.717, 1.165) is 12.5 Å². The van der Waals surface area contributed by atoms with Crippen LogP contribution in [0, 0.1) is 10.1 Å². The van der Waals surface area contributed by atoms with Gasteiger partial charge in [-0.15, -0.1) is 0 Å². The Hall–Kier alpha value is -1.66. The van der Waals surface area contributed by atoms with Crippen molar-refractivity contribution in [2.75, 3.05) is 34.6 Å². The van der Waals surface area contributed by atoms with Gasteiger partial charge in [-0.25, -0.2) is 19.2 Å². The van der Waals surface area contributed by atoms with Crippen LogP contribution < -0.4 is 16.2 Å². The van der Waals surface area contributed by atoms with Crippen LogP contribution in [0.4, 0.5) is 17.5 Å². The Kier molecular flexibility index (Phi) is 4.49. The van der Waals surface area contributed by atoms with E-state index in [1.54, 1.807) is 0 Å². The fraction of sp³-hybridized carbons (Fsp3) is 0.556. The van der Waals surface area contributed by atoms with Gasteiger partial charge in [-0.3, -0.25) is 15.5 Å². The van der Waals surface area contributed by atoms with Crippen LogP contribution >= 0.6 is 11.8 Å². The highest BCUT2D eigenvalue weighted by Crippen LogP contribution is 2.32. The molecular formula is C9H14N6O4S2. The third-order valence-electron chi connectivity index (χ3n) is 2.93. The molecule has 1 unspecified atom stereocenters. The Labute approximate surface area is 125 Å². The van der Waals surface area contributed by atoms with Gasteiger partial charge in [0, 0.05) is 24.3 Å². The second kappa shape index (κ2) is 5.99. The first-order valence-corrected chi connectivity index (χ1v) is 8.97. The smallest absolute Gasteiger partial charge is 0.329 e. The van der Waals surface area contributed by atoms with E-state index in [9.17, 15) is 18.5 Å². The number of hydrazine groups is 1. The monoisotopic (exact) mass is 334 g/mol. The van der Waals surface area contributed by atoms with Gasteiger partial charge in [0.05, 0.1) is 4.92 Å². The van der Waals surface area contributed by atoms with Crippen LogP contribution in [0.15, 0.2) is 6.20 Å². The molecule has 0 amide bonds. The lowest BCUT2D eigenvalue weighted by molar-refractivity contribution is -0.384. The highest BCUT2D eigenvalue weighted by Gasteiger charge is 2.36. The summed E-state index contributed by atoms with van der Waals surface area (Å²) in [6, 6.07) is 0. The van der Waals surface area contributed by atoms with Crippen molar-refractivity contribution in [2.45, 2.75) is 5.37 Å². The maximum absolute atomic E-state index is 11.9. The van der Waals surface area contributed by atoms with Crippen molar-refractivity contribution < 1.29 is 13.3 Å². The van der Waals surface area contributed by atoms with E-state index in [1.165, 1.54) is 16.7 Å². The van der Waals surface area contributed by atoms with Crippen LogP contribution in [-0.4, -0.2) is 53.0 Å². The number of aromatic nitrogens is 2. The van der Waals surface area contributed by atoms with Crippen LogP contribution in [-0.2, 0) is 9.84 Å². The number of nitrogens with one attached hydrogen (secondary N) is 1. The average Bonchev–Trinajstić information content (AvgIpc) is 2.45. The molecule has 21 heavy (non-hydrogen) atoms. The lowest BCUT2D eigenvalue weighted by atomic mass is 10.4. The van der Waals surface area contributed by atoms with Gasteiger partial charge in [0.25, 0.3) is 0 Å². The van der Waals surface area contributed by atoms with Gasteiger partial charge in [0.2, 0.25) is 11.8 Å². The lowest BCUT2D eigenvalue weighted by Crippen LogP contribution is -2.47. The Morgan fingerprint density at radius 1 is 1.62 bits per heavy atom. The second-order valence-electron chi connectivity index (χ2n) is 4.36. The molecule has 0 aromatic carbocycles. The summed E-state index contributed by atoms with van der Waals surface area (Å²) in [5.74, 6) is 6.13. The molecule has 0 aliphatic carbocycles. The van der Waals surface area contributed by atoms with Crippen LogP contribution in [0.3, 0.4) is 0 Å². The third kappa shape index (κ3) is 3.33. The van der Waals surface area contributed by atoms with E-state index < -0.39 is 20.1 Å². The third-order valence-corrected chi connectivity index (χ3v) is 5.57. The van der Waals surface area contributed by atoms with E-state index in [-0.39, 0.29) is 17.5 Å². The molecule has 116 valence electrons. The molecule has 1 atom stereocenters. The normalized spacial score (nSPS) is 19.3. The zero-order valence-corrected chi connectivity index (χ0v) is 12.7. The van der Waals surface area contributed by atoms with E-state index in [4.69, 9.17) is 5.84 Å². The maximum atomic E-state index is 11.9. The molecule has 2 rings (SSSR count). The van der Waals surface area contributed by atoms with Crippen LogP contribution in [0.5, 0.6) is 0 Å². The molecule has 0 spiro atoms. The van der Waals surface area contributed by atoms with E-state index in [1.807, 2.05) is 0 Å². The average molecular weight is 334 g/mol. The predicted molar refractivity (Wildman–Crippen MR) is 79.8 cm³/mol. The van der Waals surface area contributed by atoms with Gasteiger partial charge in [0.1, 0.15) is 11.6 Å². The molecule has 10 nitrogen and oxygen atoms in total. The minimum atomic E-state index is -3.41. The Balaban J connectivity index is 2.53. The number of nitrogens with zero attached hydrogens (tertiary/aromatic N) is 4. The Bertz CT molecular complexity index is 652. The van der Waals surface area contributed by atoms with Crippen LogP contribution in [0.25, 0.3) is 0 Å². The Morgan fingerprint density at radius 3 is 2.90 bits per heavy atom. The van der Waals surface area contributed by atoms with Crippen molar-refractivity contribution in [1.82, 2.24) is 9.97 Å². The van der Waals surface area contributed by atoms with Crippen molar-refractivity contribution in [3.63, 3.8) is 0 Å². The first-order chi connectivity index (χ1) is 9.84. The number of anilines is 2. The topological polar surface area (TPSA) is 144 Å². The van der Waals surface area contributed by atoms with Crippen LogP contribution in [0.1, 0.15) is 0 Å². The van der Waals surface area contributed by atoms with Gasteiger partial charge in [0.15, 0.2) is 9.84 Å². The number of nitrogens with two attached hydrogens (primary N) is 1. The highest BCUT2D eigenvalue weighted by molar-refractivity contribution is 8.01. The summed E-state index contributed by atoms with van der Waals surface area (Å²) >= 11 is 1.48. The van der Waals surface area contributed by atoms with Crippen LogP contribution in [0.2, 0.25) is 0 Å². The number of thioether (sulfide) groups is 1. The lowest BCUT2D eigenvalue weighted by Gasteiger charge is -2.34. The summed E-state index contributed by atoms with van der Waals surface area (Å²) in [4.78, 5) is 19.5. The zero-order chi connectivity index (χ0) is 15.6. The number of sulfone groups is 1. The molecule has 1 aromatic rings. The van der Waals surface area contributed by atoms with E-state index in [2.05, 4.69) is 15.4 Å². The molecule has 1 aliphatic rings. The number of hydrogen-bond acceptors (Lipinski definition) is 10. The molecule has 1 aliphatic heterocycles. The fourth-order valence-electron chi connectivity index (χ4n) is 1.95. The SMILES string of the molecule is CS(=O)(=O)C1CSCCN1c1nc(NN)ncc1[N+](=O)[O-]. The maximum Gasteiger partial charge on any atom is 0.329 e. The van der Waals surface area contributed by atoms with Gasteiger partial charge < -0.3 is 4.90 Å². The van der Waals surface area contributed by atoms with E-state index >= 15 is 0 Å². The van der Waals surface area contributed by atoms with Gasteiger partial charge in [-0.05, 0) is 0 Å². The minimum Gasteiger partial charge on any atom is -0.332 e. The molecule has 1 fully saturated rings. The summed E-state index contributed by atoms with van der Waals surface area (Å²) in [5, 5.41) is 10.2. The molecule has 2 heterocycles. The first kappa shape index (κ1) is 15.7. The standard InChI is InChI=1S/C9H14N6O4S2/c1-21(18,19)7-5-20-3-2-14(7)8-6(15(16)17)4-11-9(12-8)13-10/h4,7H,2-3,5,10H2,1H3,(H,11,12,13). The second-order valence-corrected chi connectivity index (χ2v) is 7.71. The number of nitro groups is 1. The summed E-state index contributed by atoms with van der Waals surface area (Å²) < 4.78 is 23.8. The van der Waals surface area contributed by atoms with Gasteiger partial charge in [-0.1, -0.05) is 0 Å². The van der Waals surface area contributed by atoms with Crippen molar-refractivity contribution in [3.05, 3.63) is 16.3 Å². The summed E-state index contributed by atoms with van der Waals surface area (Å²) in [6.07, 6.45) is 2.12. The number of hydrogen-bond donors (Lipinski definition) is 2. The fourth-order valence-corrected chi connectivity index (χ4v) is 4.77. The summed E-state index contributed by atoms with van der Waals surface area (Å²) in [7, 11) is -3.41. The largest absolute Gasteiger partial charge is 0.332 e. The van der Waals surface area contributed by atoms with Crippen molar-refractivity contribution >= 4 is 39.1 Å².